The zero-order valence-corrected chi connectivity index (χ0v) is 17.3. The lowest BCUT2D eigenvalue weighted by atomic mass is 9.84. The molecule has 0 aromatic heterocycles. The van der Waals surface area contributed by atoms with Gasteiger partial charge in [-0.1, -0.05) is 19.1 Å². The largest absolute Gasteiger partial charge is 0.444 e. The number of benzene rings is 1. The van der Waals surface area contributed by atoms with E-state index >= 15 is 0 Å². The number of nitrogen functional groups attached to an aromatic ring is 1. The van der Waals surface area contributed by atoms with Crippen molar-refractivity contribution in [3.63, 3.8) is 0 Å². The first-order valence-corrected chi connectivity index (χ1v) is 10.3. The SMILES string of the molecule is CC1CC=C(c2cc(C3CCN(C(=O)OC(C)(C)C)CC3)ccc2N)CC1. The maximum absolute atomic E-state index is 12.3. The average Bonchev–Trinajstić information content (AvgIpc) is 2.62. The second-order valence-electron chi connectivity index (χ2n) is 9.20. The first kappa shape index (κ1) is 19.8. The quantitative estimate of drug-likeness (QED) is 0.691. The van der Waals surface area contributed by atoms with Gasteiger partial charge in [0, 0.05) is 24.3 Å². The third-order valence-electron chi connectivity index (χ3n) is 5.71. The summed E-state index contributed by atoms with van der Waals surface area (Å²) in [6.45, 7) is 9.54. The lowest BCUT2D eigenvalue weighted by Crippen LogP contribution is -2.41. The van der Waals surface area contributed by atoms with Crippen molar-refractivity contribution in [1.82, 2.24) is 4.90 Å². The van der Waals surface area contributed by atoms with Crippen LogP contribution in [0.5, 0.6) is 0 Å². The van der Waals surface area contributed by atoms with E-state index in [2.05, 4.69) is 31.2 Å². The Morgan fingerprint density at radius 1 is 1.19 bits per heavy atom. The van der Waals surface area contributed by atoms with Gasteiger partial charge in [0.2, 0.25) is 0 Å². The monoisotopic (exact) mass is 370 g/mol. The van der Waals surface area contributed by atoms with Crippen molar-refractivity contribution in [2.75, 3.05) is 18.8 Å². The molecule has 148 valence electrons. The Morgan fingerprint density at radius 3 is 2.48 bits per heavy atom. The molecule has 1 aliphatic carbocycles. The number of nitrogens with two attached hydrogens (primary N) is 1. The van der Waals surface area contributed by atoms with Crippen LogP contribution in [0.1, 0.15) is 76.8 Å². The third kappa shape index (κ3) is 5.06. The van der Waals surface area contributed by atoms with E-state index in [1.165, 1.54) is 23.1 Å². The van der Waals surface area contributed by atoms with Gasteiger partial charge in [-0.2, -0.15) is 0 Å². The number of likely N-dealkylation sites (tertiary alicyclic amines) is 1. The standard InChI is InChI=1S/C23H34N2O2/c1-16-5-7-18(8-6-16)20-15-19(9-10-21(20)24)17-11-13-25(14-12-17)22(26)27-23(2,3)4/h7,9-10,15-17H,5-6,8,11-14,24H2,1-4H3. The molecule has 0 bridgehead atoms. The van der Waals surface area contributed by atoms with Gasteiger partial charge in [-0.15, -0.1) is 0 Å². The van der Waals surface area contributed by atoms with E-state index in [0.717, 1.165) is 50.4 Å². The minimum Gasteiger partial charge on any atom is -0.444 e. The number of piperidine rings is 1. The molecule has 2 aliphatic rings. The maximum Gasteiger partial charge on any atom is 0.410 e. The van der Waals surface area contributed by atoms with Crippen molar-refractivity contribution < 1.29 is 9.53 Å². The van der Waals surface area contributed by atoms with E-state index in [0.29, 0.717) is 5.92 Å². The highest BCUT2D eigenvalue weighted by Crippen LogP contribution is 2.36. The zero-order valence-electron chi connectivity index (χ0n) is 17.3. The van der Waals surface area contributed by atoms with Crippen molar-refractivity contribution in [2.24, 2.45) is 5.92 Å². The molecule has 1 saturated heterocycles. The normalized spacial score (nSPS) is 21.7. The molecule has 1 fully saturated rings. The van der Waals surface area contributed by atoms with E-state index in [-0.39, 0.29) is 6.09 Å². The van der Waals surface area contributed by atoms with Gasteiger partial charge in [-0.25, -0.2) is 4.79 Å². The van der Waals surface area contributed by atoms with Gasteiger partial charge in [0.05, 0.1) is 0 Å². The molecule has 27 heavy (non-hydrogen) atoms. The fraction of sp³-hybridized carbons (Fsp3) is 0.609. The molecule has 0 spiro atoms. The number of carbonyl (C=O) groups is 1. The molecule has 0 radical (unpaired) electrons. The highest BCUT2D eigenvalue weighted by atomic mass is 16.6. The van der Waals surface area contributed by atoms with Crippen LogP contribution < -0.4 is 5.73 Å². The summed E-state index contributed by atoms with van der Waals surface area (Å²) in [7, 11) is 0. The van der Waals surface area contributed by atoms with E-state index in [9.17, 15) is 4.79 Å². The molecule has 4 heteroatoms. The molecular formula is C23H34N2O2. The Morgan fingerprint density at radius 2 is 1.89 bits per heavy atom. The Kier molecular flexibility index (Phi) is 5.83. The zero-order chi connectivity index (χ0) is 19.6. The lowest BCUT2D eigenvalue weighted by molar-refractivity contribution is 0.0205. The molecule has 3 rings (SSSR count). The van der Waals surface area contributed by atoms with Crippen LogP contribution in [0.15, 0.2) is 24.3 Å². The van der Waals surface area contributed by atoms with Gasteiger partial charge in [0.15, 0.2) is 0 Å². The number of nitrogens with zero attached hydrogens (tertiary/aromatic N) is 1. The molecule has 1 aliphatic heterocycles. The minimum absolute atomic E-state index is 0.194. The second-order valence-corrected chi connectivity index (χ2v) is 9.20. The Hall–Kier alpha value is -1.97. The molecule has 0 saturated carbocycles. The summed E-state index contributed by atoms with van der Waals surface area (Å²) in [6.07, 6.45) is 7.62. The lowest BCUT2D eigenvalue weighted by Gasteiger charge is -2.34. The van der Waals surface area contributed by atoms with Crippen LogP contribution in [0, 0.1) is 5.92 Å². The van der Waals surface area contributed by atoms with Gasteiger partial charge < -0.3 is 15.4 Å². The van der Waals surface area contributed by atoms with Crippen LogP contribution >= 0.6 is 0 Å². The number of carbonyl (C=O) groups excluding carboxylic acids is 1. The molecule has 2 N–H and O–H groups in total. The van der Waals surface area contributed by atoms with Crippen LogP contribution in [-0.2, 0) is 4.74 Å². The topological polar surface area (TPSA) is 55.6 Å². The number of ether oxygens (including phenoxy) is 1. The maximum atomic E-state index is 12.3. The van der Waals surface area contributed by atoms with Gasteiger partial charge in [0.25, 0.3) is 0 Å². The number of hydrogen-bond acceptors (Lipinski definition) is 3. The average molecular weight is 371 g/mol. The smallest absolute Gasteiger partial charge is 0.410 e. The molecule has 4 nitrogen and oxygen atoms in total. The van der Waals surface area contributed by atoms with Crippen LogP contribution in [-0.4, -0.2) is 29.7 Å². The van der Waals surface area contributed by atoms with Crippen molar-refractivity contribution in [2.45, 2.75) is 71.3 Å². The number of rotatable bonds is 2. The summed E-state index contributed by atoms with van der Waals surface area (Å²) in [5.41, 5.74) is 10.7. The van der Waals surface area contributed by atoms with Crippen LogP contribution in [0.4, 0.5) is 10.5 Å². The fourth-order valence-corrected chi connectivity index (χ4v) is 4.04. The summed E-state index contributed by atoms with van der Waals surface area (Å²) >= 11 is 0. The van der Waals surface area contributed by atoms with Gasteiger partial charge in [-0.3, -0.25) is 0 Å². The molecule has 1 heterocycles. The third-order valence-corrected chi connectivity index (χ3v) is 5.71. The van der Waals surface area contributed by atoms with Crippen LogP contribution in [0.3, 0.4) is 0 Å². The molecule has 1 unspecified atom stereocenters. The number of amides is 1. The highest BCUT2D eigenvalue weighted by molar-refractivity contribution is 5.76. The first-order chi connectivity index (χ1) is 12.7. The Bertz CT molecular complexity index is 710. The number of hydrogen-bond donors (Lipinski definition) is 1. The van der Waals surface area contributed by atoms with Crippen molar-refractivity contribution in [1.29, 1.82) is 0 Å². The van der Waals surface area contributed by atoms with Crippen LogP contribution in [0.25, 0.3) is 5.57 Å². The van der Waals surface area contributed by atoms with Gasteiger partial charge in [-0.05, 0) is 88.0 Å². The molecule has 1 atom stereocenters. The van der Waals surface area contributed by atoms with Crippen molar-refractivity contribution in [3.05, 3.63) is 35.4 Å². The number of anilines is 1. The summed E-state index contributed by atoms with van der Waals surface area (Å²) in [4.78, 5) is 14.1. The minimum atomic E-state index is -0.439. The van der Waals surface area contributed by atoms with Crippen molar-refractivity contribution >= 4 is 17.4 Å². The predicted octanol–water partition coefficient (Wildman–Crippen LogP) is 5.59. The Labute approximate surface area is 163 Å². The van der Waals surface area contributed by atoms with Crippen molar-refractivity contribution in [3.8, 4) is 0 Å². The highest BCUT2D eigenvalue weighted by Gasteiger charge is 2.28. The van der Waals surface area contributed by atoms with E-state index in [1.807, 2.05) is 25.7 Å². The van der Waals surface area contributed by atoms with Crippen LogP contribution in [0.2, 0.25) is 0 Å². The summed E-state index contributed by atoms with van der Waals surface area (Å²) in [6, 6.07) is 6.52. The van der Waals surface area contributed by atoms with E-state index < -0.39 is 5.60 Å². The summed E-state index contributed by atoms with van der Waals surface area (Å²) in [5.74, 6) is 1.25. The first-order valence-electron chi connectivity index (χ1n) is 10.3. The molecule has 1 aromatic rings. The summed E-state index contributed by atoms with van der Waals surface area (Å²) in [5, 5.41) is 0. The van der Waals surface area contributed by atoms with Gasteiger partial charge in [0.1, 0.15) is 5.60 Å². The summed E-state index contributed by atoms with van der Waals surface area (Å²) < 4.78 is 5.50. The van der Waals surface area contributed by atoms with E-state index in [1.54, 1.807) is 0 Å². The number of allylic oxidation sites excluding steroid dienone is 2. The second kappa shape index (κ2) is 7.95. The van der Waals surface area contributed by atoms with Gasteiger partial charge >= 0.3 is 6.09 Å². The molecular weight excluding hydrogens is 336 g/mol. The Balaban J connectivity index is 1.66. The fourth-order valence-electron chi connectivity index (χ4n) is 4.04. The predicted molar refractivity (Wildman–Crippen MR) is 112 cm³/mol. The molecule has 1 amide bonds. The van der Waals surface area contributed by atoms with E-state index in [4.69, 9.17) is 10.5 Å². The molecule has 1 aromatic carbocycles.